The summed E-state index contributed by atoms with van der Waals surface area (Å²) in [6.07, 6.45) is 1.70. The summed E-state index contributed by atoms with van der Waals surface area (Å²) in [5, 5.41) is 12.8. The SMILES string of the molecule is O=C(N1Cc2[nH]cnc2C(c2ccccc2)C1)C1(CO)CNC1. The van der Waals surface area contributed by atoms with Crippen LogP contribution in [0.1, 0.15) is 22.9 Å². The molecule has 2 aliphatic heterocycles. The van der Waals surface area contributed by atoms with Crippen LogP contribution in [-0.2, 0) is 11.3 Å². The van der Waals surface area contributed by atoms with E-state index in [2.05, 4.69) is 27.4 Å². The van der Waals surface area contributed by atoms with Crippen LogP contribution in [0.25, 0.3) is 0 Å². The van der Waals surface area contributed by atoms with Crippen molar-refractivity contribution in [2.75, 3.05) is 26.2 Å². The Bertz CT molecular complexity index is 703. The molecule has 1 fully saturated rings. The van der Waals surface area contributed by atoms with Crippen molar-refractivity contribution >= 4 is 5.91 Å². The first kappa shape index (κ1) is 14.4. The third kappa shape index (κ3) is 2.26. The molecule has 0 spiro atoms. The Balaban J connectivity index is 1.66. The minimum atomic E-state index is -0.654. The summed E-state index contributed by atoms with van der Waals surface area (Å²) >= 11 is 0. The van der Waals surface area contributed by atoms with Crippen molar-refractivity contribution in [3.05, 3.63) is 53.6 Å². The zero-order valence-electron chi connectivity index (χ0n) is 12.8. The molecular weight excluding hydrogens is 292 g/mol. The topological polar surface area (TPSA) is 81.2 Å². The van der Waals surface area contributed by atoms with Crippen molar-refractivity contribution in [3.63, 3.8) is 0 Å². The van der Waals surface area contributed by atoms with Gasteiger partial charge in [0.2, 0.25) is 5.91 Å². The molecule has 3 heterocycles. The van der Waals surface area contributed by atoms with Crippen molar-refractivity contribution < 1.29 is 9.90 Å². The predicted octanol–water partition coefficient (Wildman–Crippen LogP) is 0.466. The molecule has 1 aromatic heterocycles. The van der Waals surface area contributed by atoms with E-state index in [4.69, 9.17) is 0 Å². The number of aromatic amines is 1. The van der Waals surface area contributed by atoms with E-state index >= 15 is 0 Å². The molecule has 0 radical (unpaired) electrons. The molecule has 0 bridgehead atoms. The number of carbonyl (C=O) groups excluding carboxylic acids is 1. The number of nitrogens with zero attached hydrogens (tertiary/aromatic N) is 2. The van der Waals surface area contributed by atoms with Gasteiger partial charge in [0.1, 0.15) is 0 Å². The molecule has 3 N–H and O–H groups in total. The number of fused-ring (bicyclic) bond motifs is 1. The fourth-order valence-electron chi connectivity index (χ4n) is 3.52. The van der Waals surface area contributed by atoms with E-state index < -0.39 is 5.41 Å². The summed E-state index contributed by atoms with van der Waals surface area (Å²) in [5.74, 6) is 0.0962. The lowest BCUT2D eigenvalue weighted by Crippen LogP contribution is -2.64. The lowest BCUT2D eigenvalue weighted by Gasteiger charge is -2.44. The number of hydrogen-bond donors (Lipinski definition) is 3. The maximum atomic E-state index is 12.9. The molecule has 4 rings (SSSR count). The molecule has 2 aromatic rings. The molecule has 1 amide bonds. The van der Waals surface area contributed by atoms with E-state index in [1.165, 1.54) is 0 Å². The second-order valence-electron chi connectivity index (χ2n) is 6.46. The van der Waals surface area contributed by atoms with Gasteiger partial charge in [0, 0.05) is 25.6 Å². The Morgan fingerprint density at radius 3 is 2.78 bits per heavy atom. The van der Waals surface area contributed by atoms with Crippen LogP contribution in [-0.4, -0.2) is 52.1 Å². The minimum absolute atomic E-state index is 0.0277. The fourth-order valence-corrected chi connectivity index (χ4v) is 3.52. The van der Waals surface area contributed by atoms with Gasteiger partial charge < -0.3 is 20.3 Å². The lowest BCUT2D eigenvalue weighted by atomic mass is 9.80. The third-order valence-electron chi connectivity index (χ3n) is 5.01. The highest BCUT2D eigenvalue weighted by Crippen LogP contribution is 2.34. The number of aromatic nitrogens is 2. The van der Waals surface area contributed by atoms with E-state index in [-0.39, 0.29) is 18.4 Å². The van der Waals surface area contributed by atoms with Crippen LogP contribution >= 0.6 is 0 Å². The number of carbonyl (C=O) groups is 1. The van der Waals surface area contributed by atoms with Crippen LogP contribution < -0.4 is 5.32 Å². The van der Waals surface area contributed by atoms with Gasteiger partial charge in [0.25, 0.3) is 0 Å². The Morgan fingerprint density at radius 2 is 2.13 bits per heavy atom. The van der Waals surface area contributed by atoms with Gasteiger partial charge in [-0.25, -0.2) is 4.98 Å². The van der Waals surface area contributed by atoms with Crippen molar-refractivity contribution in [2.24, 2.45) is 5.41 Å². The van der Waals surface area contributed by atoms with Crippen LogP contribution in [0.2, 0.25) is 0 Å². The Morgan fingerprint density at radius 1 is 1.35 bits per heavy atom. The first-order valence-electron chi connectivity index (χ1n) is 7.91. The summed E-state index contributed by atoms with van der Waals surface area (Å²) < 4.78 is 0. The summed E-state index contributed by atoms with van der Waals surface area (Å²) in [6.45, 7) is 2.11. The Kier molecular flexibility index (Phi) is 3.43. The van der Waals surface area contributed by atoms with Gasteiger partial charge in [0.15, 0.2) is 0 Å². The zero-order chi connectivity index (χ0) is 15.9. The standard InChI is InChI=1S/C17H20N4O2/c22-10-17(8-18-9-17)16(23)21-6-13(12-4-2-1-3-5-12)15-14(7-21)19-11-20-15/h1-5,11,13,18,22H,6-10H2,(H,19,20). The van der Waals surface area contributed by atoms with E-state index in [1.54, 1.807) is 6.33 Å². The summed E-state index contributed by atoms with van der Waals surface area (Å²) in [6, 6.07) is 10.1. The number of H-pyrrole nitrogens is 1. The zero-order valence-corrected chi connectivity index (χ0v) is 12.8. The average Bonchev–Trinajstić information content (AvgIpc) is 3.02. The van der Waals surface area contributed by atoms with Gasteiger partial charge in [-0.2, -0.15) is 0 Å². The molecule has 1 unspecified atom stereocenters. The van der Waals surface area contributed by atoms with Gasteiger partial charge in [-0.3, -0.25) is 4.79 Å². The highest BCUT2D eigenvalue weighted by atomic mass is 16.3. The number of hydrogen-bond acceptors (Lipinski definition) is 4. The molecule has 0 saturated carbocycles. The van der Waals surface area contributed by atoms with Crippen molar-refractivity contribution in [1.82, 2.24) is 20.2 Å². The second-order valence-corrected chi connectivity index (χ2v) is 6.46. The maximum absolute atomic E-state index is 12.9. The third-order valence-corrected chi connectivity index (χ3v) is 5.01. The summed E-state index contributed by atoms with van der Waals surface area (Å²) in [7, 11) is 0. The largest absolute Gasteiger partial charge is 0.395 e. The summed E-state index contributed by atoms with van der Waals surface area (Å²) in [4.78, 5) is 22.4. The lowest BCUT2D eigenvalue weighted by molar-refractivity contribution is -0.149. The number of aliphatic hydroxyl groups is 1. The molecule has 23 heavy (non-hydrogen) atoms. The molecule has 6 heteroatoms. The van der Waals surface area contributed by atoms with Crippen molar-refractivity contribution in [2.45, 2.75) is 12.5 Å². The minimum Gasteiger partial charge on any atom is -0.395 e. The predicted molar refractivity (Wildman–Crippen MR) is 84.7 cm³/mol. The van der Waals surface area contributed by atoms with Crippen molar-refractivity contribution in [1.29, 1.82) is 0 Å². The van der Waals surface area contributed by atoms with E-state index in [9.17, 15) is 9.90 Å². The fraction of sp³-hybridized carbons (Fsp3) is 0.412. The van der Waals surface area contributed by atoms with Gasteiger partial charge in [0.05, 0.1) is 36.3 Å². The van der Waals surface area contributed by atoms with Crippen LogP contribution in [0.3, 0.4) is 0 Å². The van der Waals surface area contributed by atoms with E-state index in [1.807, 2.05) is 23.1 Å². The molecule has 2 aliphatic rings. The molecule has 0 aliphatic carbocycles. The molecular formula is C17H20N4O2. The maximum Gasteiger partial charge on any atom is 0.234 e. The average molecular weight is 312 g/mol. The van der Waals surface area contributed by atoms with E-state index in [0.29, 0.717) is 26.2 Å². The first-order valence-corrected chi connectivity index (χ1v) is 7.91. The number of benzene rings is 1. The van der Waals surface area contributed by atoms with Crippen LogP contribution in [0.5, 0.6) is 0 Å². The molecule has 120 valence electrons. The molecule has 1 atom stereocenters. The number of nitrogens with one attached hydrogen (secondary N) is 2. The molecule has 1 aromatic carbocycles. The Hall–Kier alpha value is -2.18. The number of amides is 1. The number of rotatable bonds is 3. The summed E-state index contributed by atoms with van der Waals surface area (Å²) in [5.41, 5.74) is 2.51. The van der Waals surface area contributed by atoms with Gasteiger partial charge in [-0.1, -0.05) is 30.3 Å². The van der Waals surface area contributed by atoms with Gasteiger partial charge >= 0.3 is 0 Å². The quantitative estimate of drug-likeness (QED) is 0.769. The van der Waals surface area contributed by atoms with Crippen LogP contribution in [0, 0.1) is 5.41 Å². The molecule has 6 nitrogen and oxygen atoms in total. The second kappa shape index (κ2) is 5.47. The van der Waals surface area contributed by atoms with Gasteiger partial charge in [-0.05, 0) is 5.56 Å². The first-order chi connectivity index (χ1) is 11.2. The van der Waals surface area contributed by atoms with Crippen molar-refractivity contribution in [3.8, 4) is 0 Å². The highest BCUT2D eigenvalue weighted by Gasteiger charge is 2.47. The number of aliphatic hydroxyl groups excluding tert-OH is 1. The van der Waals surface area contributed by atoms with E-state index in [0.717, 1.165) is 17.0 Å². The monoisotopic (exact) mass is 312 g/mol. The highest BCUT2D eigenvalue weighted by molar-refractivity contribution is 5.85. The van der Waals surface area contributed by atoms with Gasteiger partial charge in [-0.15, -0.1) is 0 Å². The number of imidazole rings is 1. The smallest absolute Gasteiger partial charge is 0.234 e. The van der Waals surface area contributed by atoms with Crippen LogP contribution in [0.4, 0.5) is 0 Å². The normalized spacial score (nSPS) is 22.3. The van der Waals surface area contributed by atoms with Crippen LogP contribution in [0.15, 0.2) is 36.7 Å². The molecule has 1 saturated heterocycles. The Labute approximate surface area is 134 Å².